The van der Waals surface area contributed by atoms with Gasteiger partial charge in [0, 0.05) is 12.8 Å². The maximum atomic E-state index is 11.3. The Bertz CT molecular complexity index is 126. The van der Waals surface area contributed by atoms with Gasteiger partial charge in [-0.3, -0.25) is 4.79 Å². The predicted octanol–water partition coefficient (Wildman–Crippen LogP) is 3.67. The summed E-state index contributed by atoms with van der Waals surface area (Å²) in [5.74, 6) is 0.469. The zero-order chi connectivity index (χ0) is 9.36. The summed E-state index contributed by atoms with van der Waals surface area (Å²) in [5.41, 5.74) is 0. The first-order valence-corrected chi connectivity index (χ1v) is 5.73. The first-order chi connectivity index (χ1) is 6.39. The van der Waals surface area contributed by atoms with Crippen LogP contribution in [0.5, 0.6) is 0 Å². The molecule has 0 aromatic rings. The van der Waals surface area contributed by atoms with Crippen molar-refractivity contribution in [3.05, 3.63) is 6.42 Å². The van der Waals surface area contributed by atoms with Gasteiger partial charge in [-0.15, -0.1) is 0 Å². The molecule has 0 saturated heterocycles. The van der Waals surface area contributed by atoms with E-state index in [1.165, 1.54) is 38.5 Å². The van der Waals surface area contributed by atoms with Crippen LogP contribution in [0, 0.1) is 6.42 Å². The lowest BCUT2D eigenvalue weighted by Crippen LogP contribution is -1.98. The van der Waals surface area contributed by atoms with Gasteiger partial charge in [0.2, 0.25) is 0 Å². The smallest absolute Gasteiger partial charge is 0.137 e. The van der Waals surface area contributed by atoms with Crippen molar-refractivity contribution in [2.45, 2.75) is 64.2 Å². The third-order valence-electron chi connectivity index (χ3n) is 2.74. The lowest BCUT2D eigenvalue weighted by atomic mass is 10.0. The van der Waals surface area contributed by atoms with E-state index in [4.69, 9.17) is 0 Å². The molecule has 13 heavy (non-hydrogen) atoms. The van der Waals surface area contributed by atoms with E-state index in [2.05, 4.69) is 6.42 Å². The van der Waals surface area contributed by atoms with E-state index in [9.17, 15) is 4.79 Å². The van der Waals surface area contributed by atoms with Crippen LogP contribution in [0.2, 0.25) is 0 Å². The Morgan fingerprint density at radius 1 is 0.769 bits per heavy atom. The molecule has 74 valence electrons. The fourth-order valence-corrected chi connectivity index (χ4v) is 1.85. The Morgan fingerprint density at radius 3 is 2.31 bits per heavy atom. The lowest BCUT2D eigenvalue weighted by molar-refractivity contribution is -0.119. The largest absolute Gasteiger partial charge is 0.300 e. The van der Waals surface area contributed by atoms with Crippen molar-refractivity contribution in [2.24, 2.45) is 0 Å². The van der Waals surface area contributed by atoms with E-state index < -0.39 is 0 Å². The van der Waals surface area contributed by atoms with Crippen LogP contribution < -0.4 is 0 Å². The second kappa shape index (κ2) is 6.99. The number of rotatable bonds is 0. The molecule has 0 bridgehead atoms. The summed E-state index contributed by atoms with van der Waals surface area (Å²) in [6, 6.07) is 0. The average molecular weight is 181 g/mol. The second-order valence-corrected chi connectivity index (χ2v) is 4.03. The quantitative estimate of drug-likeness (QED) is 0.521. The number of carbonyl (C=O) groups excluding carboxylic acids is 1. The van der Waals surface area contributed by atoms with Crippen molar-refractivity contribution < 1.29 is 4.79 Å². The molecule has 1 saturated carbocycles. The molecule has 0 aromatic heterocycles. The van der Waals surface area contributed by atoms with Crippen LogP contribution in [0.4, 0.5) is 0 Å². The maximum Gasteiger partial charge on any atom is 0.137 e. The van der Waals surface area contributed by atoms with Gasteiger partial charge in [0.25, 0.3) is 0 Å². The van der Waals surface area contributed by atoms with Crippen LogP contribution in [0.25, 0.3) is 0 Å². The molecule has 1 heteroatoms. The van der Waals surface area contributed by atoms with Crippen molar-refractivity contribution in [3.8, 4) is 0 Å². The Labute approximate surface area is 81.9 Å². The molecule has 0 aliphatic heterocycles. The van der Waals surface area contributed by atoms with Crippen molar-refractivity contribution in [1.29, 1.82) is 0 Å². The molecule has 0 aromatic carbocycles. The Kier molecular flexibility index (Phi) is 5.71. The van der Waals surface area contributed by atoms with Crippen LogP contribution in [0.1, 0.15) is 64.2 Å². The zero-order valence-electron chi connectivity index (χ0n) is 8.56. The Morgan fingerprint density at radius 2 is 1.46 bits per heavy atom. The molecule has 1 fully saturated rings. The van der Waals surface area contributed by atoms with Crippen LogP contribution in [0.3, 0.4) is 0 Å². The van der Waals surface area contributed by atoms with Crippen LogP contribution in [0.15, 0.2) is 0 Å². The van der Waals surface area contributed by atoms with Gasteiger partial charge < -0.3 is 0 Å². The summed E-state index contributed by atoms with van der Waals surface area (Å²) in [6.07, 6.45) is 13.9. The molecule has 1 rings (SSSR count). The van der Waals surface area contributed by atoms with Crippen molar-refractivity contribution in [1.82, 2.24) is 0 Å². The van der Waals surface area contributed by atoms with Gasteiger partial charge in [-0.2, -0.15) is 0 Å². The minimum atomic E-state index is 0.469. The fourth-order valence-electron chi connectivity index (χ4n) is 1.85. The van der Waals surface area contributed by atoms with E-state index >= 15 is 0 Å². The Hall–Kier alpha value is -0.460. The van der Waals surface area contributed by atoms with Crippen molar-refractivity contribution in [2.75, 3.05) is 0 Å². The third kappa shape index (κ3) is 5.73. The van der Waals surface area contributed by atoms with E-state index in [-0.39, 0.29) is 0 Å². The molecule has 0 amide bonds. The van der Waals surface area contributed by atoms with E-state index in [1.807, 2.05) is 0 Å². The molecule has 1 aliphatic carbocycles. The van der Waals surface area contributed by atoms with E-state index in [1.54, 1.807) is 0 Å². The number of Topliss-reactive ketones (excluding diaryl/α,β-unsaturated/α-hetero) is 1. The molecular formula is C12H21O+. The zero-order valence-corrected chi connectivity index (χ0v) is 8.56. The number of ketones is 1. The van der Waals surface area contributed by atoms with Gasteiger partial charge in [-0.1, -0.05) is 19.3 Å². The SMILES string of the molecule is O=C1CC[CH+]CCCCCCCC1. The minimum absolute atomic E-state index is 0.469. The van der Waals surface area contributed by atoms with Crippen LogP contribution in [-0.4, -0.2) is 5.78 Å². The molecule has 0 heterocycles. The third-order valence-corrected chi connectivity index (χ3v) is 2.74. The number of hydrogen-bond donors (Lipinski definition) is 0. The molecule has 0 N–H and O–H groups in total. The van der Waals surface area contributed by atoms with Gasteiger partial charge in [0.05, 0.1) is 19.3 Å². The highest BCUT2D eigenvalue weighted by Crippen LogP contribution is 2.13. The molecule has 1 nitrogen and oxygen atoms in total. The predicted molar refractivity (Wildman–Crippen MR) is 55.5 cm³/mol. The summed E-state index contributed by atoms with van der Waals surface area (Å²) in [4.78, 5) is 11.3. The second-order valence-electron chi connectivity index (χ2n) is 4.03. The first-order valence-electron chi connectivity index (χ1n) is 5.73. The highest BCUT2D eigenvalue weighted by molar-refractivity contribution is 5.78. The van der Waals surface area contributed by atoms with Gasteiger partial charge >= 0.3 is 0 Å². The van der Waals surface area contributed by atoms with Crippen molar-refractivity contribution in [3.63, 3.8) is 0 Å². The summed E-state index contributed by atoms with van der Waals surface area (Å²) in [7, 11) is 0. The highest BCUT2D eigenvalue weighted by Gasteiger charge is 2.07. The summed E-state index contributed by atoms with van der Waals surface area (Å²) < 4.78 is 0. The van der Waals surface area contributed by atoms with Gasteiger partial charge in [-0.25, -0.2) is 0 Å². The molecule has 1 aliphatic rings. The van der Waals surface area contributed by atoms with E-state index in [0.29, 0.717) is 5.78 Å². The molecule has 0 spiro atoms. The van der Waals surface area contributed by atoms with Crippen LogP contribution >= 0.6 is 0 Å². The topological polar surface area (TPSA) is 17.1 Å². The summed E-state index contributed by atoms with van der Waals surface area (Å²) >= 11 is 0. The fraction of sp³-hybridized carbons (Fsp3) is 0.833. The Balaban J connectivity index is 2.14. The van der Waals surface area contributed by atoms with Crippen LogP contribution in [-0.2, 0) is 4.79 Å². The van der Waals surface area contributed by atoms with Gasteiger partial charge in [0.15, 0.2) is 0 Å². The summed E-state index contributed by atoms with van der Waals surface area (Å²) in [5, 5.41) is 0. The maximum absolute atomic E-state index is 11.3. The average Bonchev–Trinajstić information content (AvgIpc) is 2.11. The molecule has 0 atom stereocenters. The summed E-state index contributed by atoms with van der Waals surface area (Å²) in [6.45, 7) is 0. The molecule has 0 radical (unpaired) electrons. The number of hydrogen-bond acceptors (Lipinski definition) is 1. The minimum Gasteiger partial charge on any atom is -0.300 e. The van der Waals surface area contributed by atoms with Crippen molar-refractivity contribution >= 4 is 5.78 Å². The molecular weight excluding hydrogens is 160 g/mol. The normalized spacial score (nSPS) is 22.6. The monoisotopic (exact) mass is 181 g/mol. The lowest BCUT2D eigenvalue weighted by Gasteiger charge is -2.02. The number of carbonyl (C=O) groups is 1. The molecule has 0 unspecified atom stereocenters. The van der Waals surface area contributed by atoms with Gasteiger partial charge in [-0.05, 0) is 19.3 Å². The highest BCUT2D eigenvalue weighted by atomic mass is 16.1. The standard InChI is InChI=1S/C12H21O/c13-12-10-8-6-4-2-1-3-5-7-9-11-12/h6H,1-5,7-11H2/q+1. The van der Waals surface area contributed by atoms with Gasteiger partial charge in [0.1, 0.15) is 5.78 Å². The van der Waals surface area contributed by atoms with E-state index in [0.717, 1.165) is 25.7 Å². The first kappa shape index (κ1) is 10.6.